The van der Waals surface area contributed by atoms with Gasteiger partial charge in [-0.3, -0.25) is 4.79 Å². The van der Waals surface area contributed by atoms with Crippen LogP contribution in [0.2, 0.25) is 0 Å². The van der Waals surface area contributed by atoms with E-state index in [-0.39, 0.29) is 5.91 Å². The molecule has 0 saturated heterocycles. The monoisotopic (exact) mass is 254 g/mol. The molecule has 0 fully saturated rings. The van der Waals surface area contributed by atoms with E-state index in [2.05, 4.69) is 17.4 Å². The van der Waals surface area contributed by atoms with Crippen molar-refractivity contribution >= 4 is 17.3 Å². The minimum atomic E-state index is -0.173. The minimum absolute atomic E-state index is 0.173. The zero-order valence-electron chi connectivity index (χ0n) is 11.4. The number of benzene rings is 2. The molecule has 0 heterocycles. The number of anilines is 2. The van der Waals surface area contributed by atoms with Crippen molar-refractivity contribution in [3.05, 3.63) is 58.7 Å². The highest BCUT2D eigenvalue weighted by molar-refractivity contribution is 6.08. The number of hydrogen-bond acceptors (Lipinski definition) is 2. The zero-order chi connectivity index (χ0) is 14.0. The molecular weight excluding hydrogens is 236 g/mol. The molecule has 0 aliphatic heterocycles. The first-order valence-electron chi connectivity index (χ1n) is 6.22. The average Bonchev–Trinajstić information content (AvgIpc) is 2.34. The second kappa shape index (κ2) is 5.14. The van der Waals surface area contributed by atoms with Crippen LogP contribution in [0.3, 0.4) is 0 Å². The maximum atomic E-state index is 12.2. The molecule has 2 aromatic rings. The molecule has 0 bridgehead atoms. The van der Waals surface area contributed by atoms with Gasteiger partial charge in [0.25, 0.3) is 5.91 Å². The van der Waals surface area contributed by atoms with Crippen LogP contribution < -0.4 is 11.1 Å². The van der Waals surface area contributed by atoms with E-state index in [0.717, 1.165) is 16.8 Å². The number of nitrogen functional groups attached to an aromatic ring is 1. The lowest BCUT2D eigenvalue weighted by atomic mass is 10.0. The topological polar surface area (TPSA) is 55.1 Å². The van der Waals surface area contributed by atoms with Crippen LogP contribution in [0, 0.1) is 20.8 Å². The van der Waals surface area contributed by atoms with Gasteiger partial charge in [-0.25, -0.2) is 0 Å². The molecule has 1 amide bonds. The molecule has 0 unspecified atom stereocenters. The molecule has 3 nitrogen and oxygen atoms in total. The third-order valence-corrected chi connectivity index (χ3v) is 3.12. The van der Waals surface area contributed by atoms with Crippen LogP contribution in [0.25, 0.3) is 0 Å². The number of para-hydroxylation sites is 1. The number of hydrogen-bond donors (Lipinski definition) is 2. The van der Waals surface area contributed by atoms with Crippen molar-refractivity contribution in [2.24, 2.45) is 0 Å². The number of carbonyl (C=O) groups is 1. The molecule has 0 atom stereocenters. The van der Waals surface area contributed by atoms with Crippen molar-refractivity contribution in [1.82, 2.24) is 0 Å². The standard InChI is InChI=1S/C16H18N2O/c1-10-8-11(2)15(12(3)9-10)18-16(19)13-6-4-5-7-14(13)17/h4-9H,17H2,1-3H3,(H,18,19). The third kappa shape index (κ3) is 2.76. The van der Waals surface area contributed by atoms with Gasteiger partial charge in [-0.2, -0.15) is 0 Å². The molecule has 3 heteroatoms. The van der Waals surface area contributed by atoms with E-state index in [1.807, 2.05) is 26.8 Å². The van der Waals surface area contributed by atoms with Gasteiger partial charge in [0.15, 0.2) is 0 Å². The predicted octanol–water partition coefficient (Wildman–Crippen LogP) is 3.45. The lowest BCUT2D eigenvalue weighted by Gasteiger charge is -2.13. The van der Waals surface area contributed by atoms with Crippen LogP contribution in [0.15, 0.2) is 36.4 Å². The summed E-state index contributed by atoms with van der Waals surface area (Å²) in [5, 5.41) is 2.94. The van der Waals surface area contributed by atoms with E-state index >= 15 is 0 Å². The first kappa shape index (κ1) is 13.1. The SMILES string of the molecule is Cc1cc(C)c(NC(=O)c2ccccc2N)c(C)c1. The summed E-state index contributed by atoms with van der Waals surface area (Å²) in [6.07, 6.45) is 0. The summed E-state index contributed by atoms with van der Waals surface area (Å²) >= 11 is 0. The molecule has 3 N–H and O–H groups in total. The van der Waals surface area contributed by atoms with Crippen LogP contribution in [0.5, 0.6) is 0 Å². The molecule has 19 heavy (non-hydrogen) atoms. The molecule has 0 aliphatic carbocycles. The second-order valence-electron chi connectivity index (χ2n) is 4.82. The Morgan fingerprint density at radius 1 is 1.05 bits per heavy atom. The first-order chi connectivity index (χ1) is 8.99. The predicted molar refractivity (Wildman–Crippen MR) is 79.5 cm³/mol. The molecule has 2 rings (SSSR count). The maximum absolute atomic E-state index is 12.2. The molecule has 0 aromatic heterocycles. The normalized spacial score (nSPS) is 10.3. The third-order valence-electron chi connectivity index (χ3n) is 3.12. The Hall–Kier alpha value is -2.29. The highest BCUT2D eigenvalue weighted by Crippen LogP contribution is 2.23. The van der Waals surface area contributed by atoms with E-state index in [1.165, 1.54) is 5.56 Å². The highest BCUT2D eigenvalue weighted by atomic mass is 16.1. The van der Waals surface area contributed by atoms with Crippen LogP contribution in [-0.2, 0) is 0 Å². The summed E-state index contributed by atoms with van der Waals surface area (Å²) < 4.78 is 0. The number of nitrogens with one attached hydrogen (secondary N) is 1. The fourth-order valence-corrected chi connectivity index (χ4v) is 2.26. The van der Waals surface area contributed by atoms with Crippen molar-refractivity contribution in [3.63, 3.8) is 0 Å². The molecular formula is C16H18N2O. The molecule has 0 saturated carbocycles. The summed E-state index contributed by atoms with van der Waals surface area (Å²) in [5.74, 6) is -0.173. The smallest absolute Gasteiger partial charge is 0.257 e. The van der Waals surface area contributed by atoms with Crippen molar-refractivity contribution < 1.29 is 4.79 Å². The minimum Gasteiger partial charge on any atom is -0.398 e. The highest BCUT2D eigenvalue weighted by Gasteiger charge is 2.12. The fourth-order valence-electron chi connectivity index (χ4n) is 2.26. The van der Waals surface area contributed by atoms with Gasteiger partial charge in [-0.1, -0.05) is 29.8 Å². The average molecular weight is 254 g/mol. The van der Waals surface area contributed by atoms with Gasteiger partial charge in [-0.05, 0) is 44.0 Å². The van der Waals surface area contributed by atoms with E-state index in [0.29, 0.717) is 11.3 Å². The molecule has 0 radical (unpaired) electrons. The van der Waals surface area contributed by atoms with Crippen molar-refractivity contribution in [2.45, 2.75) is 20.8 Å². The van der Waals surface area contributed by atoms with Gasteiger partial charge in [-0.15, -0.1) is 0 Å². The number of rotatable bonds is 2. The number of aryl methyl sites for hydroxylation is 3. The summed E-state index contributed by atoms with van der Waals surface area (Å²) in [7, 11) is 0. The Bertz CT molecular complexity index is 609. The van der Waals surface area contributed by atoms with Crippen LogP contribution in [0.1, 0.15) is 27.0 Å². The molecule has 0 aliphatic rings. The van der Waals surface area contributed by atoms with Crippen LogP contribution in [-0.4, -0.2) is 5.91 Å². The van der Waals surface area contributed by atoms with Crippen LogP contribution >= 0.6 is 0 Å². The van der Waals surface area contributed by atoms with Crippen LogP contribution in [0.4, 0.5) is 11.4 Å². The van der Waals surface area contributed by atoms with Gasteiger partial charge >= 0.3 is 0 Å². The van der Waals surface area contributed by atoms with Crippen molar-refractivity contribution in [3.8, 4) is 0 Å². The van der Waals surface area contributed by atoms with Gasteiger partial charge < -0.3 is 11.1 Å². The molecule has 0 spiro atoms. The quantitative estimate of drug-likeness (QED) is 0.806. The van der Waals surface area contributed by atoms with Gasteiger partial charge in [0.2, 0.25) is 0 Å². The van der Waals surface area contributed by atoms with E-state index in [9.17, 15) is 4.79 Å². The van der Waals surface area contributed by atoms with Gasteiger partial charge in [0.1, 0.15) is 0 Å². The van der Waals surface area contributed by atoms with E-state index in [1.54, 1.807) is 18.2 Å². The lowest BCUT2D eigenvalue weighted by Crippen LogP contribution is -2.15. The molecule has 98 valence electrons. The van der Waals surface area contributed by atoms with Crippen molar-refractivity contribution in [1.29, 1.82) is 0 Å². The Labute approximate surface area is 113 Å². The Balaban J connectivity index is 2.32. The largest absolute Gasteiger partial charge is 0.398 e. The molecule has 2 aromatic carbocycles. The lowest BCUT2D eigenvalue weighted by molar-refractivity contribution is 0.102. The summed E-state index contributed by atoms with van der Waals surface area (Å²) in [5.41, 5.74) is 11.0. The first-order valence-corrected chi connectivity index (χ1v) is 6.22. The van der Waals surface area contributed by atoms with Crippen molar-refractivity contribution in [2.75, 3.05) is 11.1 Å². The second-order valence-corrected chi connectivity index (χ2v) is 4.82. The zero-order valence-corrected chi connectivity index (χ0v) is 11.4. The number of nitrogens with two attached hydrogens (primary N) is 1. The fraction of sp³-hybridized carbons (Fsp3) is 0.188. The van der Waals surface area contributed by atoms with Gasteiger partial charge in [0.05, 0.1) is 5.56 Å². The Morgan fingerprint density at radius 3 is 2.21 bits per heavy atom. The number of carbonyl (C=O) groups excluding carboxylic acids is 1. The van der Waals surface area contributed by atoms with Gasteiger partial charge in [0, 0.05) is 11.4 Å². The number of amides is 1. The summed E-state index contributed by atoms with van der Waals surface area (Å²) in [4.78, 5) is 12.2. The summed E-state index contributed by atoms with van der Waals surface area (Å²) in [6.45, 7) is 6.02. The Kier molecular flexibility index (Phi) is 3.56. The van der Waals surface area contributed by atoms with E-state index in [4.69, 9.17) is 5.73 Å². The Morgan fingerprint density at radius 2 is 1.63 bits per heavy atom. The summed E-state index contributed by atoms with van der Waals surface area (Å²) in [6, 6.07) is 11.2. The maximum Gasteiger partial charge on any atom is 0.257 e. The van der Waals surface area contributed by atoms with E-state index < -0.39 is 0 Å².